The zero-order valence-corrected chi connectivity index (χ0v) is 10.3. The number of hydrogen-bond donors (Lipinski definition) is 2. The van der Waals surface area contributed by atoms with E-state index in [0.29, 0.717) is 0 Å². The number of nitrogen functional groups attached to an aromatic ring is 1. The van der Waals surface area contributed by atoms with Gasteiger partial charge in [0.25, 0.3) is 0 Å². The van der Waals surface area contributed by atoms with Gasteiger partial charge in [-0.3, -0.25) is 0 Å². The van der Waals surface area contributed by atoms with E-state index in [-0.39, 0.29) is 0 Å². The molecular weight excluding hydrogens is 208 g/mol. The van der Waals surface area contributed by atoms with Gasteiger partial charge in [-0.15, -0.1) is 0 Å². The summed E-state index contributed by atoms with van der Waals surface area (Å²) in [6.45, 7) is 2.14. The summed E-state index contributed by atoms with van der Waals surface area (Å²) in [5, 5.41) is 3.73. The molecule has 3 aliphatic rings. The van der Waals surface area contributed by atoms with Crippen LogP contribution in [0.2, 0.25) is 0 Å². The zero-order valence-electron chi connectivity index (χ0n) is 10.3. The number of benzene rings is 1. The van der Waals surface area contributed by atoms with Crippen molar-refractivity contribution in [1.82, 2.24) is 0 Å². The maximum atomic E-state index is 6.07. The third kappa shape index (κ3) is 1.27. The van der Waals surface area contributed by atoms with Gasteiger partial charge in [-0.2, -0.15) is 0 Å². The van der Waals surface area contributed by atoms with Crippen LogP contribution in [-0.2, 0) is 0 Å². The number of nitrogens with two attached hydrogens (primary N) is 1. The van der Waals surface area contributed by atoms with Crippen LogP contribution in [-0.4, -0.2) is 6.04 Å². The average Bonchev–Trinajstić information content (AvgIpc) is 2.70. The molecule has 0 aromatic heterocycles. The molecule has 2 bridgehead atoms. The number of para-hydroxylation sites is 1. The molecule has 3 fully saturated rings. The molecular formula is C15H20N2. The molecule has 0 spiro atoms. The highest BCUT2D eigenvalue weighted by Crippen LogP contribution is 2.66. The summed E-state index contributed by atoms with van der Waals surface area (Å²) in [6, 6.07) is 6.91. The SMILES string of the molecule is Cc1cccc(N)c1NC1C2C3CCC(C3)C12. The van der Waals surface area contributed by atoms with Crippen LogP contribution in [0.3, 0.4) is 0 Å². The van der Waals surface area contributed by atoms with E-state index < -0.39 is 0 Å². The lowest BCUT2D eigenvalue weighted by molar-refractivity contribution is 0.456. The fourth-order valence-electron chi connectivity index (χ4n) is 4.57. The van der Waals surface area contributed by atoms with Crippen molar-refractivity contribution in [2.75, 3.05) is 11.1 Å². The van der Waals surface area contributed by atoms with Crippen LogP contribution < -0.4 is 11.1 Å². The molecule has 0 heterocycles. The normalized spacial score (nSPS) is 41.4. The third-order valence-corrected chi connectivity index (χ3v) is 5.35. The second kappa shape index (κ2) is 3.18. The van der Waals surface area contributed by atoms with E-state index in [2.05, 4.69) is 18.3 Å². The first kappa shape index (κ1) is 9.81. The maximum absolute atomic E-state index is 6.07. The van der Waals surface area contributed by atoms with Crippen molar-refractivity contribution in [2.24, 2.45) is 23.7 Å². The fraction of sp³-hybridized carbons (Fsp3) is 0.600. The highest BCUT2D eigenvalue weighted by atomic mass is 15.0. The summed E-state index contributed by atoms with van der Waals surface area (Å²) < 4.78 is 0. The van der Waals surface area contributed by atoms with Gasteiger partial charge in [-0.25, -0.2) is 0 Å². The second-order valence-corrected chi connectivity index (χ2v) is 6.20. The molecule has 0 aliphatic heterocycles. The predicted molar refractivity (Wildman–Crippen MR) is 70.8 cm³/mol. The van der Waals surface area contributed by atoms with Crippen molar-refractivity contribution in [3.8, 4) is 0 Å². The van der Waals surface area contributed by atoms with E-state index >= 15 is 0 Å². The van der Waals surface area contributed by atoms with E-state index in [1.807, 2.05) is 12.1 Å². The minimum atomic E-state index is 0.727. The highest BCUT2D eigenvalue weighted by Gasteiger charge is 2.65. The minimum Gasteiger partial charge on any atom is -0.397 e. The average molecular weight is 228 g/mol. The van der Waals surface area contributed by atoms with Gasteiger partial charge in [-0.05, 0) is 61.5 Å². The van der Waals surface area contributed by atoms with Crippen LogP contribution in [0.15, 0.2) is 18.2 Å². The first-order valence-electron chi connectivity index (χ1n) is 6.87. The Morgan fingerprint density at radius 2 is 1.88 bits per heavy atom. The lowest BCUT2D eigenvalue weighted by Crippen LogP contribution is -2.14. The lowest BCUT2D eigenvalue weighted by Gasteiger charge is -2.15. The minimum absolute atomic E-state index is 0.727. The Kier molecular flexibility index (Phi) is 1.84. The highest BCUT2D eigenvalue weighted by molar-refractivity contribution is 5.71. The van der Waals surface area contributed by atoms with Crippen LogP contribution in [0.5, 0.6) is 0 Å². The van der Waals surface area contributed by atoms with E-state index in [0.717, 1.165) is 35.4 Å². The Balaban J connectivity index is 1.56. The molecule has 4 rings (SSSR count). The third-order valence-electron chi connectivity index (χ3n) is 5.35. The van der Waals surface area contributed by atoms with Gasteiger partial charge in [-0.1, -0.05) is 12.1 Å². The van der Waals surface area contributed by atoms with E-state index in [1.54, 1.807) is 0 Å². The van der Waals surface area contributed by atoms with Crippen LogP contribution in [0.25, 0.3) is 0 Å². The molecule has 2 heteroatoms. The monoisotopic (exact) mass is 228 g/mol. The number of aryl methyl sites for hydroxylation is 1. The van der Waals surface area contributed by atoms with Crippen LogP contribution >= 0.6 is 0 Å². The molecule has 1 aromatic carbocycles. The van der Waals surface area contributed by atoms with Gasteiger partial charge in [0.15, 0.2) is 0 Å². The van der Waals surface area contributed by atoms with Gasteiger partial charge in [0.2, 0.25) is 0 Å². The number of hydrogen-bond acceptors (Lipinski definition) is 2. The largest absolute Gasteiger partial charge is 0.397 e. The van der Waals surface area contributed by atoms with E-state index in [1.165, 1.54) is 30.5 Å². The Hall–Kier alpha value is -1.18. The summed E-state index contributed by atoms with van der Waals surface area (Å²) in [6.07, 6.45) is 4.47. The zero-order chi connectivity index (χ0) is 11.6. The molecule has 3 saturated carbocycles. The Labute approximate surface area is 103 Å². The molecule has 4 unspecified atom stereocenters. The molecule has 1 aromatic rings. The summed E-state index contributed by atoms with van der Waals surface area (Å²) in [4.78, 5) is 0. The topological polar surface area (TPSA) is 38.0 Å². The predicted octanol–water partition coefficient (Wildman–Crippen LogP) is 3.03. The second-order valence-electron chi connectivity index (χ2n) is 6.20. The van der Waals surface area contributed by atoms with Crippen molar-refractivity contribution in [3.05, 3.63) is 23.8 Å². The van der Waals surface area contributed by atoms with E-state index in [4.69, 9.17) is 5.73 Å². The molecule has 0 radical (unpaired) electrons. The summed E-state index contributed by atoms with van der Waals surface area (Å²) in [7, 11) is 0. The van der Waals surface area contributed by atoms with Crippen molar-refractivity contribution in [3.63, 3.8) is 0 Å². The molecule has 0 amide bonds. The molecule has 3 aliphatic carbocycles. The van der Waals surface area contributed by atoms with Gasteiger partial charge >= 0.3 is 0 Å². The molecule has 90 valence electrons. The van der Waals surface area contributed by atoms with Crippen molar-refractivity contribution in [2.45, 2.75) is 32.2 Å². The molecule has 2 nitrogen and oxygen atoms in total. The summed E-state index contributed by atoms with van der Waals surface area (Å²) in [5.74, 6) is 3.97. The number of rotatable bonds is 2. The number of anilines is 2. The first-order valence-corrected chi connectivity index (χ1v) is 6.87. The molecule has 3 N–H and O–H groups in total. The van der Waals surface area contributed by atoms with Crippen molar-refractivity contribution >= 4 is 11.4 Å². The van der Waals surface area contributed by atoms with E-state index in [9.17, 15) is 0 Å². The smallest absolute Gasteiger partial charge is 0.0605 e. The first-order chi connectivity index (χ1) is 8.25. The van der Waals surface area contributed by atoms with Gasteiger partial charge in [0.1, 0.15) is 0 Å². The standard InChI is InChI=1S/C15H20N2/c1-8-3-2-4-11(16)14(8)17-15-12-9-5-6-10(7-9)13(12)15/h2-4,9-10,12-13,15,17H,5-7,16H2,1H3. The van der Waals surface area contributed by atoms with Crippen LogP contribution in [0.1, 0.15) is 24.8 Å². The number of fused-ring (bicyclic) bond motifs is 5. The fourth-order valence-corrected chi connectivity index (χ4v) is 4.57. The van der Waals surface area contributed by atoms with Gasteiger partial charge in [0.05, 0.1) is 11.4 Å². The molecule has 4 atom stereocenters. The Bertz CT molecular complexity index is 432. The lowest BCUT2D eigenvalue weighted by atomic mass is 10.0. The van der Waals surface area contributed by atoms with Gasteiger partial charge < -0.3 is 11.1 Å². The summed E-state index contributed by atoms with van der Waals surface area (Å²) in [5.41, 5.74) is 9.44. The quantitative estimate of drug-likeness (QED) is 0.764. The van der Waals surface area contributed by atoms with Gasteiger partial charge in [0, 0.05) is 6.04 Å². The molecule has 0 saturated heterocycles. The Morgan fingerprint density at radius 1 is 1.18 bits per heavy atom. The van der Waals surface area contributed by atoms with Crippen molar-refractivity contribution in [1.29, 1.82) is 0 Å². The maximum Gasteiger partial charge on any atom is 0.0605 e. The molecule has 17 heavy (non-hydrogen) atoms. The van der Waals surface area contributed by atoms with Crippen LogP contribution in [0, 0.1) is 30.6 Å². The Morgan fingerprint density at radius 3 is 2.53 bits per heavy atom. The summed E-state index contributed by atoms with van der Waals surface area (Å²) >= 11 is 0. The number of nitrogens with one attached hydrogen (secondary N) is 1. The van der Waals surface area contributed by atoms with Crippen molar-refractivity contribution < 1.29 is 0 Å². The van der Waals surface area contributed by atoms with Crippen LogP contribution in [0.4, 0.5) is 11.4 Å².